The van der Waals surface area contributed by atoms with Crippen molar-refractivity contribution in [3.05, 3.63) is 36.0 Å². The van der Waals surface area contributed by atoms with Gasteiger partial charge < -0.3 is 9.47 Å². The molecule has 1 rings (SSSR count). The summed E-state index contributed by atoms with van der Waals surface area (Å²) in [5, 5.41) is 0. The molecule has 1 atom stereocenters. The zero-order valence-corrected chi connectivity index (χ0v) is 11.0. The minimum absolute atomic E-state index is 0.0290. The van der Waals surface area contributed by atoms with Gasteiger partial charge in [-0.05, 0) is 25.5 Å². The molecule has 0 N–H and O–H groups in total. The van der Waals surface area contributed by atoms with Crippen LogP contribution < -0.4 is 0 Å². The van der Waals surface area contributed by atoms with Crippen LogP contribution in [0.1, 0.15) is 20.3 Å². The lowest BCUT2D eigenvalue weighted by atomic mass is 9.87. The van der Waals surface area contributed by atoms with E-state index >= 15 is 0 Å². The average Bonchev–Trinajstić information content (AvgIpc) is 2.46. The maximum Gasteiger partial charge on any atom is 0.336 e. The van der Waals surface area contributed by atoms with Crippen molar-refractivity contribution in [2.45, 2.75) is 25.9 Å². The van der Waals surface area contributed by atoms with Crippen LogP contribution in [0.2, 0.25) is 0 Å². The number of methoxy groups -OCH3 is 1. The number of allylic oxidation sites excluding steroid dienone is 1. The van der Waals surface area contributed by atoms with Crippen molar-refractivity contribution in [2.75, 3.05) is 13.7 Å². The number of ketones is 1. The maximum atomic E-state index is 11.8. The van der Waals surface area contributed by atoms with Crippen LogP contribution >= 0.6 is 0 Å². The van der Waals surface area contributed by atoms with E-state index in [-0.39, 0.29) is 24.4 Å². The third kappa shape index (κ3) is 2.96. The molecule has 1 aliphatic heterocycles. The van der Waals surface area contributed by atoms with Crippen LogP contribution in [-0.2, 0) is 19.1 Å². The SMILES string of the molecule is C=C(C)C(=C)C1(C)CC(=O)C=C(C(=O)OC)CO1. The fraction of sp³-hybridized carbons (Fsp3) is 0.429. The highest BCUT2D eigenvalue weighted by molar-refractivity contribution is 6.00. The van der Waals surface area contributed by atoms with Crippen LogP contribution in [0, 0.1) is 0 Å². The molecule has 0 aromatic carbocycles. The Kier molecular flexibility index (Phi) is 4.24. The molecule has 0 aromatic heterocycles. The van der Waals surface area contributed by atoms with E-state index in [9.17, 15) is 9.59 Å². The molecule has 4 nitrogen and oxygen atoms in total. The van der Waals surface area contributed by atoms with E-state index in [0.29, 0.717) is 5.57 Å². The molecule has 98 valence electrons. The zero-order chi connectivity index (χ0) is 13.9. The standard InChI is InChI=1S/C14H18O4/c1-9(2)10(3)14(4)7-12(15)6-11(8-18-14)13(16)17-5/h6H,1,3,7-8H2,2,4-5H3. The second-order valence-corrected chi connectivity index (χ2v) is 4.58. The van der Waals surface area contributed by atoms with Crippen molar-refractivity contribution >= 4 is 11.8 Å². The van der Waals surface area contributed by atoms with Crippen LogP contribution in [-0.4, -0.2) is 31.1 Å². The second kappa shape index (κ2) is 5.31. The molecule has 0 radical (unpaired) electrons. The molecule has 0 fully saturated rings. The Morgan fingerprint density at radius 3 is 2.61 bits per heavy atom. The highest BCUT2D eigenvalue weighted by Crippen LogP contribution is 2.31. The van der Waals surface area contributed by atoms with E-state index in [0.717, 1.165) is 5.57 Å². The molecule has 1 aliphatic rings. The fourth-order valence-electron chi connectivity index (χ4n) is 1.80. The van der Waals surface area contributed by atoms with Gasteiger partial charge in [0.1, 0.15) is 0 Å². The smallest absolute Gasteiger partial charge is 0.336 e. The molecule has 0 bridgehead atoms. The Bertz CT molecular complexity index is 445. The lowest BCUT2D eigenvalue weighted by molar-refractivity contribution is -0.137. The fourth-order valence-corrected chi connectivity index (χ4v) is 1.80. The molecule has 18 heavy (non-hydrogen) atoms. The number of carbonyl (C=O) groups excluding carboxylic acids is 2. The highest BCUT2D eigenvalue weighted by Gasteiger charge is 2.35. The lowest BCUT2D eigenvalue weighted by Gasteiger charge is -2.30. The van der Waals surface area contributed by atoms with Crippen molar-refractivity contribution in [2.24, 2.45) is 0 Å². The van der Waals surface area contributed by atoms with Crippen molar-refractivity contribution in [3.8, 4) is 0 Å². The van der Waals surface area contributed by atoms with E-state index < -0.39 is 11.6 Å². The van der Waals surface area contributed by atoms with Gasteiger partial charge in [0.25, 0.3) is 0 Å². The summed E-state index contributed by atoms with van der Waals surface area (Å²) in [6.07, 6.45) is 1.42. The van der Waals surface area contributed by atoms with Gasteiger partial charge in [0, 0.05) is 6.42 Å². The number of hydrogen-bond acceptors (Lipinski definition) is 4. The van der Waals surface area contributed by atoms with E-state index in [1.807, 2.05) is 0 Å². The third-order valence-corrected chi connectivity index (χ3v) is 2.99. The van der Waals surface area contributed by atoms with Gasteiger partial charge in [-0.1, -0.05) is 18.7 Å². The number of ether oxygens (including phenoxy) is 2. The van der Waals surface area contributed by atoms with Gasteiger partial charge in [-0.3, -0.25) is 4.79 Å². The second-order valence-electron chi connectivity index (χ2n) is 4.58. The lowest BCUT2D eigenvalue weighted by Crippen LogP contribution is -2.33. The van der Waals surface area contributed by atoms with Gasteiger partial charge in [-0.2, -0.15) is 0 Å². The topological polar surface area (TPSA) is 52.6 Å². The summed E-state index contributed by atoms with van der Waals surface area (Å²) in [6, 6.07) is 0. The Labute approximate surface area is 107 Å². The largest absolute Gasteiger partial charge is 0.466 e. The summed E-state index contributed by atoms with van der Waals surface area (Å²) in [4.78, 5) is 23.2. The van der Waals surface area contributed by atoms with Crippen molar-refractivity contribution in [1.82, 2.24) is 0 Å². The molecule has 0 amide bonds. The van der Waals surface area contributed by atoms with Crippen LogP contribution in [0.3, 0.4) is 0 Å². The van der Waals surface area contributed by atoms with E-state index in [1.54, 1.807) is 13.8 Å². The van der Waals surface area contributed by atoms with Gasteiger partial charge in [0.05, 0.1) is 24.9 Å². The quantitative estimate of drug-likeness (QED) is 0.567. The maximum absolute atomic E-state index is 11.8. The average molecular weight is 250 g/mol. The van der Waals surface area contributed by atoms with Gasteiger partial charge in [-0.15, -0.1) is 0 Å². The molecule has 0 saturated carbocycles. The first-order valence-electron chi connectivity index (χ1n) is 5.61. The Hall–Kier alpha value is -1.68. The Morgan fingerprint density at radius 2 is 2.11 bits per heavy atom. The summed E-state index contributed by atoms with van der Waals surface area (Å²) in [5.74, 6) is -0.730. The molecular formula is C14H18O4. The first kappa shape index (κ1) is 14.4. The van der Waals surface area contributed by atoms with Crippen LogP contribution in [0.5, 0.6) is 0 Å². The molecular weight excluding hydrogens is 232 g/mol. The Balaban J connectivity index is 2.97. The van der Waals surface area contributed by atoms with E-state index in [4.69, 9.17) is 4.74 Å². The summed E-state index contributed by atoms with van der Waals surface area (Å²) in [5.41, 5.74) is 0.817. The van der Waals surface area contributed by atoms with Gasteiger partial charge >= 0.3 is 5.97 Å². The van der Waals surface area contributed by atoms with Crippen LogP contribution in [0.15, 0.2) is 36.0 Å². The number of rotatable bonds is 3. The van der Waals surface area contributed by atoms with Gasteiger partial charge in [-0.25, -0.2) is 4.79 Å². The minimum atomic E-state index is -0.824. The van der Waals surface area contributed by atoms with Crippen molar-refractivity contribution < 1.29 is 19.1 Å². The van der Waals surface area contributed by atoms with E-state index in [2.05, 4.69) is 17.9 Å². The Morgan fingerprint density at radius 1 is 1.50 bits per heavy atom. The summed E-state index contributed by atoms with van der Waals surface area (Å²) < 4.78 is 10.3. The monoisotopic (exact) mass is 250 g/mol. The van der Waals surface area contributed by atoms with Crippen molar-refractivity contribution in [1.29, 1.82) is 0 Å². The number of hydrogen-bond donors (Lipinski definition) is 0. The normalized spacial score (nSPS) is 23.9. The first-order valence-corrected chi connectivity index (χ1v) is 5.61. The highest BCUT2D eigenvalue weighted by atomic mass is 16.5. The van der Waals surface area contributed by atoms with Crippen LogP contribution in [0.4, 0.5) is 0 Å². The molecule has 0 saturated heterocycles. The zero-order valence-electron chi connectivity index (χ0n) is 11.0. The van der Waals surface area contributed by atoms with Crippen LogP contribution in [0.25, 0.3) is 0 Å². The predicted molar refractivity (Wildman–Crippen MR) is 68.0 cm³/mol. The van der Waals surface area contributed by atoms with Gasteiger partial charge in [0.15, 0.2) is 5.78 Å². The van der Waals surface area contributed by atoms with Crippen molar-refractivity contribution in [3.63, 3.8) is 0 Å². The van der Waals surface area contributed by atoms with Gasteiger partial charge in [0.2, 0.25) is 0 Å². The first-order chi connectivity index (χ1) is 8.30. The molecule has 0 spiro atoms. The minimum Gasteiger partial charge on any atom is -0.466 e. The predicted octanol–water partition coefficient (Wildman–Crippen LogP) is 1.97. The molecule has 1 unspecified atom stereocenters. The summed E-state index contributed by atoms with van der Waals surface area (Å²) in [6.45, 7) is 11.3. The number of carbonyl (C=O) groups is 2. The molecule has 4 heteroatoms. The molecule has 1 heterocycles. The summed E-state index contributed by atoms with van der Waals surface area (Å²) in [7, 11) is 1.27. The third-order valence-electron chi connectivity index (χ3n) is 2.99. The van der Waals surface area contributed by atoms with E-state index in [1.165, 1.54) is 13.2 Å². The molecule has 0 aliphatic carbocycles. The number of esters is 1. The molecule has 0 aromatic rings. The summed E-state index contributed by atoms with van der Waals surface area (Å²) >= 11 is 0.